The van der Waals surface area contributed by atoms with E-state index in [0.29, 0.717) is 11.8 Å². The third kappa shape index (κ3) is 21.7. The van der Waals surface area contributed by atoms with Crippen molar-refractivity contribution < 1.29 is 21.9 Å². The average Bonchev–Trinajstić information content (AvgIpc) is 3.34. The Kier molecular flexibility index (Phi) is 35.9. The Morgan fingerprint density at radius 3 is 1.86 bits per heavy atom. The van der Waals surface area contributed by atoms with Crippen molar-refractivity contribution >= 4 is 5.91 Å². The summed E-state index contributed by atoms with van der Waals surface area (Å²) in [6.45, 7) is 10.3. The van der Waals surface area contributed by atoms with Crippen molar-refractivity contribution in [1.29, 1.82) is 0 Å². The van der Waals surface area contributed by atoms with E-state index in [1.165, 1.54) is 25.7 Å². The van der Waals surface area contributed by atoms with Gasteiger partial charge in [0.05, 0.1) is 5.92 Å². The second kappa shape index (κ2) is 26.4. The number of hydrogen-bond acceptors (Lipinski definition) is 2. The molecule has 0 aromatic heterocycles. The minimum Gasteiger partial charge on any atom is -0.358 e. The van der Waals surface area contributed by atoms with Gasteiger partial charge in [-0.3, -0.25) is 4.79 Å². The van der Waals surface area contributed by atoms with Crippen molar-refractivity contribution in [2.75, 3.05) is 13.1 Å². The molecule has 4 heteroatoms. The van der Waals surface area contributed by atoms with Gasteiger partial charge in [-0.1, -0.05) is 72.3 Å². The SMILES string of the molecule is C.C1=CCCC1.CCC(C)CN.CCC(C)CNC(=O)[C@@H]1C=CCC1.[CH3-].[CH3-].[Fe+2]. The summed E-state index contributed by atoms with van der Waals surface area (Å²) in [5.74, 6) is 1.65. The zero-order valence-corrected chi connectivity index (χ0v) is 19.8. The van der Waals surface area contributed by atoms with Crippen molar-refractivity contribution in [3.8, 4) is 0 Å². The summed E-state index contributed by atoms with van der Waals surface area (Å²) in [6.07, 6.45) is 17.0. The molecule has 3 nitrogen and oxygen atoms in total. The molecule has 2 rings (SSSR count). The van der Waals surface area contributed by atoms with Gasteiger partial charge in [-0.25, -0.2) is 0 Å². The largest absolute Gasteiger partial charge is 2.00 e. The Morgan fingerprint density at radius 1 is 1.04 bits per heavy atom. The minimum atomic E-state index is 0. The molecular formula is C24H50FeN2O. The first-order chi connectivity index (χ1) is 11.5. The van der Waals surface area contributed by atoms with E-state index in [2.05, 4.69) is 51.2 Å². The Morgan fingerprint density at radius 2 is 1.57 bits per heavy atom. The van der Waals surface area contributed by atoms with Gasteiger partial charge in [0, 0.05) is 6.54 Å². The molecule has 0 radical (unpaired) electrons. The van der Waals surface area contributed by atoms with Crippen LogP contribution in [-0.2, 0) is 21.9 Å². The van der Waals surface area contributed by atoms with Crippen molar-refractivity contribution in [1.82, 2.24) is 5.32 Å². The van der Waals surface area contributed by atoms with Crippen LogP contribution >= 0.6 is 0 Å². The van der Waals surface area contributed by atoms with Gasteiger partial charge >= 0.3 is 17.1 Å². The zero-order valence-electron chi connectivity index (χ0n) is 18.7. The number of hydrogen-bond donors (Lipinski definition) is 2. The van der Waals surface area contributed by atoms with Gasteiger partial charge in [-0.15, -0.1) is 0 Å². The van der Waals surface area contributed by atoms with Gasteiger partial charge in [0.2, 0.25) is 5.91 Å². The fourth-order valence-electron chi connectivity index (χ4n) is 2.16. The molecule has 3 N–H and O–H groups in total. The Labute approximate surface area is 188 Å². The first-order valence-electron chi connectivity index (χ1n) is 9.84. The van der Waals surface area contributed by atoms with Crippen molar-refractivity contribution in [2.45, 2.75) is 80.1 Å². The van der Waals surface area contributed by atoms with E-state index in [9.17, 15) is 4.79 Å². The topological polar surface area (TPSA) is 55.1 Å². The van der Waals surface area contributed by atoms with Crippen LogP contribution in [0.3, 0.4) is 0 Å². The molecule has 170 valence electrons. The number of amides is 1. The van der Waals surface area contributed by atoms with E-state index in [1.807, 2.05) is 6.08 Å². The van der Waals surface area contributed by atoms with Crippen LogP contribution in [0.1, 0.15) is 80.1 Å². The molecule has 0 aliphatic heterocycles. The summed E-state index contributed by atoms with van der Waals surface area (Å²) in [7, 11) is 0. The minimum absolute atomic E-state index is 0. The van der Waals surface area contributed by atoms with Gasteiger partial charge in [-0.2, -0.15) is 0 Å². The predicted molar refractivity (Wildman–Crippen MR) is 125 cm³/mol. The number of rotatable bonds is 6. The molecule has 0 aromatic carbocycles. The molecule has 2 unspecified atom stereocenters. The van der Waals surface area contributed by atoms with Gasteiger partial charge in [0.15, 0.2) is 0 Å². The monoisotopic (exact) mass is 438 g/mol. The van der Waals surface area contributed by atoms with E-state index in [0.717, 1.165) is 32.4 Å². The first-order valence-corrected chi connectivity index (χ1v) is 9.84. The van der Waals surface area contributed by atoms with Crippen molar-refractivity contribution in [2.24, 2.45) is 23.5 Å². The Balaban J connectivity index is -0.000000101. The van der Waals surface area contributed by atoms with E-state index < -0.39 is 0 Å². The molecule has 3 atom stereocenters. The fraction of sp³-hybridized carbons (Fsp3) is 0.708. The molecule has 0 heterocycles. The maximum atomic E-state index is 11.5. The molecule has 0 fully saturated rings. The summed E-state index contributed by atoms with van der Waals surface area (Å²) in [6, 6.07) is 0. The molecule has 0 saturated heterocycles. The number of nitrogens with one attached hydrogen (secondary N) is 1. The summed E-state index contributed by atoms with van der Waals surface area (Å²) >= 11 is 0. The summed E-state index contributed by atoms with van der Waals surface area (Å²) in [4.78, 5) is 11.5. The van der Waals surface area contributed by atoms with Crippen LogP contribution in [0.5, 0.6) is 0 Å². The van der Waals surface area contributed by atoms with Crippen LogP contribution in [0.25, 0.3) is 0 Å². The standard InChI is InChI=1S/C11H19NO.C5H13N.C5H8.CH4.2CH3.Fe/c1-3-9(2)8-12-11(13)10-6-4-5-7-10;1-3-5(2)4-6;1-2-4-5-3-1;;;;/h4,6,9-10H,3,5,7-8H2,1-2H3,(H,12,13);5H,3-4,6H2,1-2H3;1-2H,3-5H2;1H4;2*1H3;/q;;;;2*-1;+2/t9?,10-;;;;;;/m1....../s1. The molecule has 2 aliphatic rings. The molecular weight excluding hydrogens is 388 g/mol. The number of allylic oxidation sites excluding steroid dienone is 3. The number of carbonyl (C=O) groups excluding carboxylic acids is 1. The van der Waals surface area contributed by atoms with Crippen LogP contribution in [0.4, 0.5) is 0 Å². The fourth-order valence-corrected chi connectivity index (χ4v) is 2.16. The van der Waals surface area contributed by atoms with Crippen LogP contribution in [0, 0.1) is 32.6 Å². The molecule has 1 amide bonds. The van der Waals surface area contributed by atoms with E-state index in [1.54, 1.807) is 0 Å². The molecule has 2 aliphatic carbocycles. The van der Waals surface area contributed by atoms with Crippen LogP contribution in [-0.4, -0.2) is 19.0 Å². The Hall–Kier alpha value is -0.571. The number of nitrogens with two attached hydrogens (primary N) is 1. The molecule has 0 bridgehead atoms. The smallest absolute Gasteiger partial charge is 0.358 e. The van der Waals surface area contributed by atoms with Crippen LogP contribution in [0.15, 0.2) is 24.3 Å². The normalized spacial score (nSPS) is 17.5. The molecule has 0 saturated carbocycles. The van der Waals surface area contributed by atoms with Crippen LogP contribution in [0.2, 0.25) is 0 Å². The average molecular weight is 439 g/mol. The van der Waals surface area contributed by atoms with E-state index in [4.69, 9.17) is 5.73 Å². The summed E-state index contributed by atoms with van der Waals surface area (Å²) in [5.41, 5.74) is 5.28. The maximum absolute atomic E-state index is 11.5. The predicted octanol–water partition coefficient (Wildman–Crippen LogP) is 6.37. The quantitative estimate of drug-likeness (QED) is 0.288. The second-order valence-corrected chi connectivity index (χ2v) is 7.02. The zero-order chi connectivity index (χ0) is 18.2. The van der Waals surface area contributed by atoms with Crippen molar-refractivity contribution in [3.63, 3.8) is 0 Å². The number of carbonyl (C=O) groups is 1. The Bertz CT molecular complexity index is 360. The third-order valence-electron chi connectivity index (χ3n) is 4.68. The van der Waals surface area contributed by atoms with E-state index in [-0.39, 0.29) is 51.2 Å². The van der Waals surface area contributed by atoms with Gasteiger partial charge < -0.3 is 25.9 Å². The molecule has 0 spiro atoms. The summed E-state index contributed by atoms with van der Waals surface area (Å²) in [5, 5.41) is 2.99. The van der Waals surface area contributed by atoms with Crippen LogP contribution < -0.4 is 11.1 Å². The third-order valence-corrected chi connectivity index (χ3v) is 4.68. The second-order valence-electron chi connectivity index (χ2n) is 7.02. The van der Waals surface area contributed by atoms with Gasteiger partial charge in [0.25, 0.3) is 0 Å². The van der Waals surface area contributed by atoms with Crippen molar-refractivity contribution in [3.05, 3.63) is 39.2 Å². The van der Waals surface area contributed by atoms with Gasteiger partial charge in [-0.05, 0) is 50.5 Å². The first kappa shape index (κ1) is 38.1. The molecule has 0 aromatic rings. The van der Waals surface area contributed by atoms with Gasteiger partial charge in [0.1, 0.15) is 0 Å². The maximum Gasteiger partial charge on any atom is 2.00 e. The van der Waals surface area contributed by atoms with E-state index >= 15 is 0 Å². The summed E-state index contributed by atoms with van der Waals surface area (Å²) < 4.78 is 0. The molecule has 28 heavy (non-hydrogen) atoms.